The fourth-order valence-corrected chi connectivity index (χ4v) is 11.0. The van der Waals surface area contributed by atoms with Crippen LogP contribution in [-0.4, -0.2) is 96.7 Å². The van der Waals surface area contributed by atoms with Crippen molar-refractivity contribution in [3.05, 3.63) is 0 Å². The van der Waals surface area contributed by atoms with Gasteiger partial charge in [-0.15, -0.1) is 0 Å². The molecule has 0 heterocycles. The van der Waals surface area contributed by atoms with Gasteiger partial charge < -0.3 is 33.8 Å². The third kappa shape index (κ3) is 57.2. The maximum Gasteiger partial charge on any atom is 0.472 e. The number of hydrogen-bond acceptors (Lipinski definition) is 15. The number of esters is 4. The Balaban J connectivity index is 5.17. The summed E-state index contributed by atoms with van der Waals surface area (Å²) in [5, 5.41) is 10.5. The highest BCUT2D eigenvalue weighted by Gasteiger charge is 2.30. The van der Waals surface area contributed by atoms with Crippen LogP contribution >= 0.6 is 15.6 Å². The first-order valence-electron chi connectivity index (χ1n) is 33.3. The monoisotopic (exact) mass is 1210 g/mol. The van der Waals surface area contributed by atoms with Gasteiger partial charge in [0.2, 0.25) is 0 Å². The van der Waals surface area contributed by atoms with E-state index in [2.05, 4.69) is 27.7 Å². The topological polar surface area (TPSA) is 237 Å². The lowest BCUT2D eigenvalue weighted by Gasteiger charge is -2.21. The summed E-state index contributed by atoms with van der Waals surface area (Å²) in [5.74, 6) is -2.14. The van der Waals surface area contributed by atoms with Gasteiger partial charge in [0.1, 0.15) is 19.3 Å². The molecule has 0 aromatic rings. The molecule has 0 fully saturated rings. The van der Waals surface area contributed by atoms with Crippen molar-refractivity contribution in [2.24, 2.45) is 0 Å². The summed E-state index contributed by atoms with van der Waals surface area (Å²) in [4.78, 5) is 71.9. The Morgan fingerprint density at radius 3 is 0.720 bits per heavy atom. The first-order valence-corrected chi connectivity index (χ1v) is 36.3. The SMILES string of the molecule is CCCCCCCCCCCCCCCCC(=O)O[C@H](COC(=O)CCCCCCCCCCCCCC)COP(=O)(O)OC[C@@H](O)COP(=O)(O)OC[C@@H](COC(=O)CCCCCCC)OC(=O)CCCCCCCCCCCCC. The van der Waals surface area contributed by atoms with Crippen molar-refractivity contribution in [2.45, 2.75) is 341 Å². The smallest absolute Gasteiger partial charge is 0.462 e. The number of ether oxygens (including phenoxy) is 4. The molecule has 0 radical (unpaired) electrons. The normalized spacial score (nSPS) is 14.2. The van der Waals surface area contributed by atoms with Crippen molar-refractivity contribution in [3.63, 3.8) is 0 Å². The summed E-state index contributed by atoms with van der Waals surface area (Å²) in [5.41, 5.74) is 0. The lowest BCUT2D eigenvalue weighted by Crippen LogP contribution is -2.30. The highest BCUT2D eigenvalue weighted by Crippen LogP contribution is 2.45. The Kier molecular flexibility index (Phi) is 56.7. The van der Waals surface area contributed by atoms with Crippen LogP contribution in [-0.2, 0) is 65.4 Å². The van der Waals surface area contributed by atoms with E-state index >= 15 is 0 Å². The number of phosphoric acid groups is 2. The zero-order valence-electron chi connectivity index (χ0n) is 52.5. The Morgan fingerprint density at radius 2 is 0.488 bits per heavy atom. The van der Waals surface area contributed by atoms with Gasteiger partial charge in [-0.2, -0.15) is 0 Å². The van der Waals surface area contributed by atoms with E-state index in [0.29, 0.717) is 25.7 Å². The van der Waals surface area contributed by atoms with Gasteiger partial charge in [0.25, 0.3) is 0 Å². The molecule has 0 aliphatic heterocycles. The molecule has 0 rings (SSSR count). The Labute approximate surface area is 498 Å². The lowest BCUT2D eigenvalue weighted by molar-refractivity contribution is -0.161. The first-order chi connectivity index (χ1) is 39.7. The molecule has 0 aliphatic rings. The van der Waals surface area contributed by atoms with E-state index in [9.17, 15) is 43.2 Å². The predicted molar refractivity (Wildman–Crippen MR) is 326 cm³/mol. The van der Waals surface area contributed by atoms with Gasteiger partial charge >= 0.3 is 39.5 Å². The zero-order chi connectivity index (χ0) is 60.5. The van der Waals surface area contributed by atoms with Gasteiger partial charge in [-0.25, -0.2) is 9.13 Å². The Hall–Kier alpha value is -1.94. The average molecular weight is 1210 g/mol. The molecule has 0 aliphatic carbocycles. The molecule has 82 heavy (non-hydrogen) atoms. The molecule has 19 heteroatoms. The molecule has 3 N–H and O–H groups in total. The molecule has 486 valence electrons. The molecule has 2 unspecified atom stereocenters. The van der Waals surface area contributed by atoms with E-state index in [4.69, 9.17) is 37.0 Å². The van der Waals surface area contributed by atoms with E-state index in [1.165, 1.54) is 148 Å². The highest BCUT2D eigenvalue weighted by molar-refractivity contribution is 7.47. The van der Waals surface area contributed by atoms with Gasteiger partial charge in [0.05, 0.1) is 26.4 Å². The van der Waals surface area contributed by atoms with Gasteiger partial charge in [0, 0.05) is 25.7 Å². The molecule has 0 saturated carbocycles. The number of phosphoric ester groups is 2. The van der Waals surface area contributed by atoms with Crippen LogP contribution in [0.1, 0.15) is 323 Å². The van der Waals surface area contributed by atoms with Crippen LogP contribution in [0, 0.1) is 0 Å². The van der Waals surface area contributed by atoms with E-state index < -0.39 is 97.5 Å². The van der Waals surface area contributed by atoms with Crippen LogP contribution in [0.15, 0.2) is 0 Å². The molecule has 17 nitrogen and oxygen atoms in total. The standard InChI is InChI=1S/C63H122O17P2/c1-5-9-13-17-20-23-26-28-29-32-35-38-42-46-50-63(68)80-59(54-74-61(66)48-44-40-36-33-31-27-24-21-18-14-10-6-2)56-78-82(71,72)76-52-57(64)51-75-81(69,70)77-55-58(53-73-60(65)47-43-39-16-12-8-4)79-62(67)49-45-41-37-34-30-25-22-19-15-11-7-3/h57-59,64H,5-56H2,1-4H3,(H,69,70)(H,71,72)/t57-,58+,59+/m0/s1. The molecule has 5 atom stereocenters. The maximum atomic E-state index is 13.0. The lowest BCUT2D eigenvalue weighted by atomic mass is 10.0. The molecule has 0 spiro atoms. The van der Waals surface area contributed by atoms with Gasteiger partial charge in [-0.1, -0.05) is 272 Å². The summed E-state index contributed by atoms with van der Waals surface area (Å²) >= 11 is 0. The van der Waals surface area contributed by atoms with Crippen LogP contribution < -0.4 is 0 Å². The van der Waals surface area contributed by atoms with Crippen LogP contribution in [0.5, 0.6) is 0 Å². The van der Waals surface area contributed by atoms with Crippen molar-refractivity contribution in [1.82, 2.24) is 0 Å². The van der Waals surface area contributed by atoms with Crippen LogP contribution in [0.25, 0.3) is 0 Å². The minimum atomic E-state index is -4.94. The summed E-state index contributed by atoms with van der Waals surface area (Å²) in [6.07, 6.45) is 43.3. The van der Waals surface area contributed by atoms with E-state index in [-0.39, 0.29) is 25.7 Å². The molecular formula is C63H122O17P2. The Morgan fingerprint density at radius 1 is 0.293 bits per heavy atom. The third-order valence-corrected chi connectivity index (χ3v) is 16.5. The van der Waals surface area contributed by atoms with Crippen molar-refractivity contribution >= 4 is 39.5 Å². The first kappa shape index (κ1) is 80.1. The molecule has 0 bridgehead atoms. The second kappa shape index (κ2) is 58.1. The van der Waals surface area contributed by atoms with Crippen molar-refractivity contribution in [1.29, 1.82) is 0 Å². The second-order valence-electron chi connectivity index (χ2n) is 22.8. The minimum Gasteiger partial charge on any atom is -0.462 e. The van der Waals surface area contributed by atoms with Crippen LogP contribution in [0.3, 0.4) is 0 Å². The maximum absolute atomic E-state index is 13.0. The van der Waals surface area contributed by atoms with Crippen molar-refractivity contribution in [2.75, 3.05) is 39.6 Å². The van der Waals surface area contributed by atoms with E-state index in [1.54, 1.807) is 0 Å². The van der Waals surface area contributed by atoms with E-state index in [0.717, 1.165) is 96.3 Å². The minimum absolute atomic E-state index is 0.106. The average Bonchev–Trinajstić information content (AvgIpc) is 3.45. The number of hydrogen-bond donors (Lipinski definition) is 3. The number of carbonyl (C=O) groups excluding carboxylic acids is 4. The molecule has 0 amide bonds. The summed E-state index contributed by atoms with van der Waals surface area (Å²) in [6.45, 7) is 4.81. The van der Waals surface area contributed by atoms with Crippen molar-refractivity contribution < 1.29 is 80.2 Å². The quantitative estimate of drug-likeness (QED) is 0.0222. The second-order valence-corrected chi connectivity index (χ2v) is 25.7. The summed E-state index contributed by atoms with van der Waals surface area (Å²) < 4.78 is 67.8. The van der Waals surface area contributed by atoms with Crippen LogP contribution in [0.4, 0.5) is 0 Å². The third-order valence-electron chi connectivity index (χ3n) is 14.6. The number of carbonyl (C=O) groups is 4. The fraction of sp³-hybridized carbons (Fsp3) is 0.937. The summed E-state index contributed by atoms with van der Waals surface area (Å²) in [6, 6.07) is 0. The van der Waals surface area contributed by atoms with Gasteiger partial charge in [-0.3, -0.25) is 37.3 Å². The van der Waals surface area contributed by atoms with Crippen LogP contribution in [0.2, 0.25) is 0 Å². The van der Waals surface area contributed by atoms with Gasteiger partial charge in [0.15, 0.2) is 12.2 Å². The zero-order valence-corrected chi connectivity index (χ0v) is 54.2. The largest absolute Gasteiger partial charge is 0.472 e. The summed E-state index contributed by atoms with van der Waals surface area (Å²) in [7, 11) is -9.87. The highest BCUT2D eigenvalue weighted by atomic mass is 31.2. The Bertz CT molecular complexity index is 1590. The van der Waals surface area contributed by atoms with E-state index in [1.807, 2.05) is 0 Å². The van der Waals surface area contributed by atoms with Crippen molar-refractivity contribution in [3.8, 4) is 0 Å². The molecule has 0 aromatic heterocycles. The number of rotatable bonds is 64. The number of aliphatic hydroxyl groups excluding tert-OH is 1. The predicted octanol–water partition coefficient (Wildman–Crippen LogP) is 17.5. The molecular weight excluding hydrogens is 1090 g/mol. The number of unbranched alkanes of at least 4 members (excludes halogenated alkanes) is 38. The van der Waals surface area contributed by atoms with Gasteiger partial charge in [-0.05, 0) is 25.7 Å². The molecule has 0 aromatic carbocycles. The fourth-order valence-electron chi connectivity index (χ4n) is 9.46. The number of aliphatic hydroxyl groups is 1. The molecule has 0 saturated heterocycles.